The van der Waals surface area contributed by atoms with Crippen molar-refractivity contribution < 1.29 is 43.4 Å². The number of hydrogen-bond donors (Lipinski definition) is 2. The van der Waals surface area contributed by atoms with E-state index < -0.39 is 47.2 Å². The Kier molecular flexibility index (Phi) is 10.4. The summed E-state index contributed by atoms with van der Waals surface area (Å²) in [6.45, 7) is 0.965. The maximum Gasteiger partial charge on any atom is 0.356 e. The van der Waals surface area contributed by atoms with Crippen LogP contribution in [0.15, 0.2) is 95.3 Å². The first-order valence-corrected chi connectivity index (χ1v) is 15.6. The highest BCUT2D eigenvalue weighted by Crippen LogP contribution is 2.42. The van der Waals surface area contributed by atoms with Crippen LogP contribution < -0.4 is 5.32 Å². The number of ether oxygens (including phenoxy) is 2. The zero-order valence-electron chi connectivity index (χ0n) is 25.5. The molecular weight excluding hydrogens is 626 g/mol. The standard InChI is InChI=1S/C34H31N3O9S/c1-20(38)45-18-24-19-47-32-28(36-27(39)16-22-12-6-7-13-23(22)17-35-44-2)31(40)37(32)29(24)34(43)46-30(21-10-4-3-5-11-21)25-14-8-9-15-26(25)33(41)42/h3-15,17,28,30,32H,16,18-19H2,1-2H3,(H,36,39)(H,41,42)/t28?,30?,32-/m0/s1. The molecule has 1 fully saturated rings. The number of oxime groups is 1. The molecule has 0 aromatic heterocycles. The maximum atomic E-state index is 14.0. The topological polar surface area (TPSA) is 161 Å². The number of thioether (sulfide) groups is 1. The Labute approximate surface area is 274 Å². The minimum atomic E-state index is -1.20. The minimum absolute atomic E-state index is 0.0305. The largest absolute Gasteiger partial charge is 0.478 e. The third-order valence-electron chi connectivity index (χ3n) is 7.51. The summed E-state index contributed by atoms with van der Waals surface area (Å²) in [5.74, 6) is -3.43. The Balaban J connectivity index is 1.41. The Morgan fingerprint density at radius 2 is 1.74 bits per heavy atom. The van der Waals surface area contributed by atoms with Crippen LogP contribution in [-0.4, -0.2) is 76.8 Å². The quantitative estimate of drug-likeness (QED) is 0.128. The number of esters is 2. The van der Waals surface area contributed by atoms with Crippen LogP contribution >= 0.6 is 11.8 Å². The van der Waals surface area contributed by atoms with Crippen molar-refractivity contribution in [2.24, 2.45) is 5.16 Å². The van der Waals surface area contributed by atoms with Gasteiger partial charge in [-0.2, -0.15) is 0 Å². The number of carbonyl (C=O) groups is 5. The summed E-state index contributed by atoms with van der Waals surface area (Å²) in [5.41, 5.74) is 2.27. The maximum absolute atomic E-state index is 14.0. The summed E-state index contributed by atoms with van der Waals surface area (Å²) in [5, 5.41) is 15.8. The second-order valence-corrected chi connectivity index (χ2v) is 11.7. The van der Waals surface area contributed by atoms with Gasteiger partial charge in [0, 0.05) is 23.8 Å². The fourth-order valence-corrected chi connectivity index (χ4v) is 6.65. The fraction of sp³-hybridized carbons (Fsp3) is 0.235. The van der Waals surface area contributed by atoms with Gasteiger partial charge in [0.05, 0.1) is 18.2 Å². The number of carbonyl (C=O) groups excluding carboxylic acids is 4. The molecule has 2 unspecified atom stereocenters. The minimum Gasteiger partial charge on any atom is -0.478 e. The van der Waals surface area contributed by atoms with Gasteiger partial charge in [-0.05, 0) is 22.8 Å². The predicted octanol–water partition coefficient (Wildman–Crippen LogP) is 3.46. The number of nitrogens with zero attached hydrogens (tertiary/aromatic N) is 2. The number of amides is 2. The highest BCUT2D eigenvalue weighted by Gasteiger charge is 2.54. The highest BCUT2D eigenvalue weighted by atomic mass is 32.2. The van der Waals surface area contributed by atoms with Crippen molar-refractivity contribution in [3.05, 3.63) is 118 Å². The van der Waals surface area contributed by atoms with Crippen LogP contribution in [0.2, 0.25) is 0 Å². The monoisotopic (exact) mass is 657 g/mol. The summed E-state index contributed by atoms with van der Waals surface area (Å²) < 4.78 is 11.2. The molecule has 2 amide bonds. The molecule has 13 heteroatoms. The molecule has 0 spiro atoms. The summed E-state index contributed by atoms with van der Waals surface area (Å²) in [6, 6.07) is 21.0. The molecule has 0 saturated carbocycles. The third kappa shape index (κ3) is 7.36. The Morgan fingerprint density at radius 1 is 1.04 bits per heavy atom. The van der Waals surface area contributed by atoms with Crippen molar-refractivity contribution in [3.8, 4) is 0 Å². The van der Waals surface area contributed by atoms with Gasteiger partial charge in [-0.15, -0.1) is 11.8 Å². The number of benzene rings is 3. The van der Waals surface area contributed by atoms with E-state index in [1.165, 1.54) is 43.0 Å². The number of aromatic carboxylic acids is 1. The van der Waals surface area contributed by atoms with E-state index in [1.54, 1.807) is 72.8 Å². The molecule has 0 aliphatic carbocycles. The van der Waals surface area contributed by atoms with E-state index in [0.29, 0.717) is 22.3 Å². The first kappa shape index (κ1) is 32.9. The van der Waals surface area contributed by atoms with Gasteiger partial charge in [-0.25, -0.2) is 9.59 Å². The van der Waals surface area contributed by atoms with E-state index >= 15 is 0 Å². The highest BCUT2D eigenvalue weighted by molar-refractivity contribution is 8.00. The molecule has 2 aliphatic rings. The molecular formula is C34H31N3O9S. The number of hydrogen-bond acceptors (Lipinski definition) is 10. The van der Waals surface area contributed by atoms with Crippen molar-refractivity contribution in [2.75, 3.05) is 19.5 Å². The van der Waals surface area contributed by atoms with E-state index in [-0.39, 0.29) is 35.6 Å². The normalized spacial score (nSPS) is 17.7. The molecule has 1 saturated heterocycles. The van der Waals surface area contributed by atoms with Crippen molar-refractivity contribution >= 4 is 47.7 Å². The van der Waals surface area contributed by atoms with Gasteiger partial charge in [-0.1, -0.05) is 78.0 Å². The average molecular weight is 658 g/mol. The fourth-order valence-electron chi connectivity index (χ4n) is 5.32. The molecule has 0 bridgehead atoms. The Hall–Kier alpha value is -5.43. The number of fused-ring (bicyclic) bond motifs is 1. The van der Waals surface area contributed by atoms with Crippen LogP contribution in [0.5, 0.6) is 0 Å². The van der Waals surface area contributed by atoms with E-state index in [0.717, 1.165) is 0 Å². The number of carboxylic acid groups (broad SMARTS) is 1. The van der Waals surface area contributed by atoms with Gasteiger partial charge in [-0.3, -0.25) is 19.3 Å². The molecule has 3 aromatic carbocycles. The van der Waals surface area contributed by atoms with E-state index in [2.05, 4.69) is 10.5 Å². The molecule has 242 valence electrons. The lowest BCUT2D eigenvalue weighted by molar-refractivity contribution is -0.155. The molecule has 5 rings (SSSR count). The van der Waals surface area contributed by atoms with Crippen LogP contribution in [-0.2, 0) is 39.9 Å². The van der Waals surface area contributed by atoms with Gasteiger partial charge >= 0.3 is 17.9 Å². The van der Waals surface area contributed by atoms with Gasteiger partial charge < -0.3 is 24.7 Å². The van der Waals surface area contributed by atoms with E-state index in [9.17, 15) is 29.1 Å². The molecule has 12 nitrogen and oxygen atoms in total. The summed E-state index contributed by atoms with van der Waals surface area (Å²) in [4.78, 5) is 70.5. The zero-order chi connectivity index (χ0) is 33.5. The Bertz CT molecular complexity index is 1760. The number of rotatable bonds is 12. The second kappa shape index (κ2) is 14.8. The van der Waals surface area contributed by atoms with E-state index in [1.807, 2.05) is 0 Å². The lowest BCUT2D eigenvalue weighted by atomic mass is 9.96. The first-order valence-electron chi connectivity index (χ1n) is 14.5. The molecule has 2 N–H and O–H groups in total. The SMILES string of the molecule is CON=Cc1ccccc1CC(=O)NC1C(=O)N2C(C(=O)OC(c3ccccc3)c3ccccc3C(=O)O)=C(COC(C)=O)CS[C@@H]12. The van der Waals surface area contributed by atoms with Gasteiger partial charge in [0.25, 0.3) is 5.91 Å². The van der Waals surface area contributed by atoms with E-state index in [4.69, 9.17) is 14.3 Å². The molecule has 0 radical (unpaired) electrons. The summed E-state index contributed by atoms with van der Waals surface area (Å²) in [6.07, 6.45) is 0.318. The molecule has 2 heterocycles. The van der Waals surface area contributed by atoms with Crippen LogP contribution in [0.1, 0.15) is 45.6 Å². The number of nitrogens with one attached hydrogen (secondary N) is 1. The molecule has 2 aliphatic heterocycles. The predicted molar refractivity (Wildman–Crippen MR) is 171 cm³/mol. The smallest absolute Gasteiger partial charge is 0.356 e. The average Bonchev–Trinajstić information content (AvgIpc) is 3.08. The molecule has 3 aromatic rings. The lowest BCUT2D eigenvalue weighted by Crippen LogP contribution is -2.70. The number of β-lactam (4-membered cyclic amide) rings is 1. The third-order valence-corrected chi connectivity index (χ3v) is 8.85. The molecule has 47 heavy (non-hydrogen) atoms. The van der Waals surface area contributed by atoms with Gasteiger partial charge in [0.1, 0.15) is 30.8 Å². The van der Waals surface area contributed by atoms with Crippen molar-refractivity contribution in [2.45, 2.75) is 30.9 Å². The van der Waals surface area contributed by atoms with Gasteiger partial charge in [0.15, 0.2) is 6.10 Å². The van der Waals surface area contributed by atoms with Crippen molar-refractivity contribution in [1.82, 2.24) is 10.2 Å². The van der Waals surface area contributed by atoms with Gasteiger partial charge in [0.2, 0.25) is 5.91 Å². The summed E-state index contributed by atoms with van der Waals surface area (Å²) in [7, 11) is 1.41. The van der Waals surface area contributed by atoms with Crippen LogP contribution in [0.25, 0.3) is 0 Å². The second-order valence-electron chi connectivity index (χ2n) is 10.6. The van der Waals surface area contributed by atoms with Crippen LogP contribution in [0, 0.1) is 0 Å². The van der Waals surface area contributed by atoms with Crippen LogP contribution in [0.3, 0.4) is 0 Å². The van der Waals surface area contributed by atoms with Crippen molar-refractivity contribution in [1.29, 1.82) is 0 Å². The van der Waals surface area contributed by atoms with Crippen LogP contribution in [0.4, 0.5) is 0 Å². The summed E-state index contributed by atoms with van der Waals surface area (Å²) >= 11 is 1.30. The first-order chi connectivity index (χ1) is 22.7. The lowest BCUT2D eigenvalue weighted by Gasteiger charge is -2.49. The van der Waals surface area contributed by atoms with Crippen molar-refractivity contribution in [3.63, 3.8) is 0 Å². The Morgan fingerprint density at radius 3 is 2.47 bits per heavy atom. The number of carboxylic acids is 1. The zero-order valence-corrected chi connectivity index (χ0v) is 26.3. The molecule has 3 atom stereocenters.